The first-order valence-corrected chi connectivity index (χ1v) is 7.56. The Morgan fingerprint density at radius 1 is 1.43 bits per heavy atom. The van der Waals surface area contributed by atoms with E-state index in [1.807, 2.05) is 32.0 Å². The minimum atomic E-state index is -0.220. The molecule has 1 amide bonds. The third-order valence-corrected chi connectivity index (χ3v) is 3.77. The van der Waals surface area contributed by atoms with Crippen LogP contribution in [0.3, 0.4) is 0 Å². The first-order valence-electron chi connectivity index (χ1n) is 7.56. The zero-order valence-corrected chi connectivity index (χ0v) is 12.9. The predicted octanol–water partition coefficient (Wildman–Crippen LogP) is 2.83. The summed E-state index contributed by atoms with van der Waals surface area (Å²) in [5.74, 6) is 0.719. The molecule has 0 aliphatic rings. The molecule has 114 valence electrons. The number of rotatable bonds is 6. The minimum Gasteiger partial charge on any atom is -0.342 e. The number of amides is 1. The average molecular weight is 288 g/mol. The van der Waals surface area contributed by atoms with Crippen molar-refractivity contribution in [2.24, 2.45) is 11.7 Å². The van der Waals surface area contributed by atoms with Crippen LogP contribution in [0.1, 0.15) is 39.4 Å². The molecule has 0 aliphatic heterocycles. The Bertz CT molecular complexity index is 618. The van der Waals surface area contributed by atoms with Crippen LogP contribution < -0.4 is 11.1 Å². The maximum absolute atomic E-state index is 12.0. The Kier molecular flexibility index (Phi) is 4.96. The smallest absolute Gasteiger partial charge is 0.228 e. The molecule has 0 bridgehead atoms. The van der Waals surface area contributed by atoms with Crippen molar-refractivity contribution in [1.82, 2.24) is 9.97 Å². The molecule has 0 saturated heterocycles. The highest BCUT2D eigenvalue weighted by Crippen LogP contribution is 2.19. The first kappa shape index (κ1) is 15.5. The molecule has 2 atom stereocenters. The van der Waals surface area contributed by atoms with Crippen LogP contribution in [-0.4, -0.2) is 21.9 Å². The number of anilines is 1. The molecule has 0 spiro atoms. The molecule has 4 N–H and O–H groups in total. The van der Waals surface area contributed by atoms with Crippen molar-refractivity contribution in [2.45, 2.75) is 46.1 Å². The Morgan fingerprint density at radius 2 is 2.19 bits per heavy atom. The molecular formula is C16H24N4O. The van der Waals surface area contributed by atoms with Gasteiger partial charge in [-0.05, 0) is 31.5 Å². The van der Waals surface area contributed by atoms with Crippen LogP contribution in [0, 0.1) is 5.92 Å². The number of fused-ring (bicyclic) bond motifs is 1. The van der Waals surface area contributed by atoms with E-state index in [1.165, 1.54) is 0 Å². The van der Waals surface area contributed by atoms with E-state index in [9.17, 15) is 4.79 Å². The number of nitrogens with zero attached hydrogens (tertiary/aromatic N) is 1. The Morgan fingerprint density at radius 3 is 2.86 bits per heavy atom. The lowest BCUT2D eigenvalue weighted by atomic mass is 10.0. The summed E-state index contributed by atoms with van der Waals surface area (Å²) in [6, 6.07) is 5.55. The number of nitrogens with one attached hydrogen (secondary N) is 2. The summed E-state index contributed by atoms with van der Waals surface area (Å²) in [6.07, 6.45) is 3.22. The van der Waals surface area contributed by atoms with Crippen molar-refractivity contribution in [3.8, 4) is 0 Å². The monoisotopic (exact) mass is 288 g/mol. The molecular weight excluding hydrogens is 264 g/mol. The highest BCUT2D eigenvalue weighted by molar-refractivity contribution is 5.94. The van der Waals surface area contributed by atoms with Crippen molar-refractivity contribution in [3.63, 3.8) is 0 Å². The summed E-state index contributed by atoms with van der Waals surface area (Å²) < 4.78 is 0. The van der Waals surface area contributed by atoms with E-state index in [2.05, 4.69) is 22.2 Å². The standard InChI is InChI=1S/C16H24N4O/c1-4-5-6-15-19-13-8-7-12(9-14(13)20-15)18-16(21)10(2)11(3)17/h7-11H,4-6,17H2,1-3H3,(H,18,21)(H,19,20). The zero-order chi connectivity index (χ0) is 15.4. The molecule has 2 rings (SSSR count). The minimum absolute atomic E-state index is 0.0601. The second-order valence-corrected chi connectivity index (χ2v) is 5.66. The number of aromatic nitrogens is 2. The summed E-state index contributed by atoms with van der Waals surface area (Å²) in [6.45, 7) is 5.83. The molecule has 1 heterocycles. The summed E-state index contributed by atoms with van der Waals surface area (Å²) in [5, 5.41) is 2.90. The molecule has 0 saturated carbocycles. The lowest BCUT2D eigenvalue weighted by Crippen LogP contribution is -2.34. The van der Waals surface area contributed by atoms with E-state index < -0.39 is 0 Å². The normalized spacial score (nSPS) is 14.1. The fraction of sp³-hybridized carbons (Fsp3) is 0.500. The quantitative estimate of drug-likeness (QED) is 0.764. The van der Waals surface area contributed by atoms with Gasteiger partial charge in [0.15, 0.2) is 0 Å². The van der Waals surface area contributed by atoms with E-state index in [4.69, 9.17) is 5.73 Å². The predicted molar refractivity (Wildman–Crippen MR) is 86.1 cm³/mol. The van der Waals surface area contributed by atoms with Gasteiger partial charge in [-0.1, -0.05) is 20.3 Å². The summed E-state index contributed by atoms with van der Waals surface area (Å²) >= 11 is 0. The maximum Gasteiger partial charge on any atom is 0.228 e. The van der Waals surface area contributed by atoms with Gasteiger partial charge in [-0.3, -0.25) is 4.79 Å². The molecule has 2 unspecified atom stereocenters. The molecule has 0 aliphatic carbocycles. The first-order chi connectivity index (χ1) is 10.0. The van der Waals surface area contributed by atoms with Crippen LogP contribution in [0.5, 0.6) is 0 Å². The van der Waals surface area contributed by atoms with Crippen LogP contribution in [-0.2, 0) is 11.2 Å². The fourth-order valence-corrected chi connectivity index (χ4v) is 2.10. The Balaban J connectivity index is 2.13. The highest BCUT2D eigenvalue weighted by Gasteiger charge is 2.17. The molecule has 5 heteroatoms. The number of aromatic amines is 1. The second kappa shape index (κ2) is 6.72. The zero-order valence-electron chi connectivity index (χ0n) is 12.9. The lowest BCUT2D eigenvalue weighted by molar-refractivity contribution is -0.119. The van der Waals surface area contributed by atoms with Gasteiger partial charge in [0.2, 0.25) is 5.91 Å². The van der Waals surface area contributed by atoms with Gasteiger partial charge in [0, 0.05) is 18.2 Å². The number of benzene rings is 1. The molecule has 2 aromatic rings. The van der Waals surface area contributed by atoms with Gasteiger partial charge < -0.3 is 16.0 Å². The van der Waals surface area contributed by atoms with E-state index in [0.29, 0.717) is 0 Å². The van der Waals surface area contributed by atoms with Gasteiger partial charge >= 0.3 is 0 Å². The molecule has 0 fully saturated rings. The summed E-state index contributed by atoms with van der Waals surface area (Å²) in [7, 11) is 0. The fourth-order valence-electron chi connectivity index (χ4n) is 2.10. The SMILES string of the molecule is CCCCc1nc2ccc(NC(=O)C(C)C(C)N)cc2[nH]1. The van der Waals surface area contributed by atoms with Crippen molar-refractivity contribution >= 4 is 22.6 Å². The van der Waals surface area contributed by atoms with Crippen molar-refractivity contribution in [3.05, 3.63) is 24.0 Å². The number of nitrogens with two attached hydrogens (primary N) is 1. The number of aryl methyl sites for hydroxylation is 1. The largest absolute Gasteiger partial charge is 0.342 e. The molecule has 5 nitrogen and oxygen atoms in total. The number of H-pyrrole nitrogens is 1. The number of hydrogen-bond donors (Lipinski definition) is 3. The number of carbonyl (C=O) groups excluding carboxylic acids is 1. The number of hydrogen-bond acceptors (Lipinski definition) is 3. The maximum atomic E-state index is 12.0. The molecule has 1 aromatic carbocycles. The van der Waals surface area contributed by atoms with Crippen molar-refractivity contribution in [1.29, 1.82) is 0 Å². The van der Waals surface area contributed by atoms with Gasteiger partial charge in [-0.25, -0.2) is 4.98 Å². The van der Waals surface area contributed by atoms with Crippen molar-refractivity contribution in [2.75, 3.05) is 5.32 Å². The van der Waals surface area contributed by atoms with Crippen molar-refractivity contribution < 1.29 is 4.79 Å². The lowest BCUT2D eigenvalue weighted by Gasteiger charge is -2.15. The van der Waals surface area contributed by atoms with Crippen LogP contribution in [0.2, 0.25) is 0 Å². The van der Waals surface area contributed by atoms with Crippen LogP contribution in [0.4, 0.5) is 5.69 Å². The van der Waals surface area contributed by atoms with E-state index in [-0.39, 0.29) is 17.9 Å². The highest BCUT2D eigenvalue weighted by atomic mass is 16.1. The number of imidazole rings is 1. The summed E-state index contributed by atoms with van der Waals surface area (Å²) in [5.41, 5.74) is 8.40. The third kappa shape index (κ3) is 3.82. The van der Waals surface area contributed by atoms with Crippen LogP contribution in [0.15, 0.2) is 18.2 Å². The summed E-state index contributed by atoms with van der Waals surface area (Å²) in [4.78, 5) is 19.9. The van der Waals surface area contributed by atoms with Gasteiger partial charge in [0.05, 0.1) is 17.0 Å². The van der Waals surface area contributed by atoms with Crippen LogP contribution >= 0.6 is 0 Å². The van der Waals surface area contributed by atoms with Gasteiger partial charge in [0.25, 0.3) is 0 Å². The second-order valence-electron chi connectivity index (χ2n) is 5.66. The average Bonchev–Trinajstić information content (AvgIpc) is 2.86. The topological polar surface area (TPSA) is 83.8 Å². The van der Waals surface area contributed by atoms with Crippen LogP contribution in [0.25, 0.3) is 11.0 Å². The molecule has 21 heavy (non-hydrogen) atoms. The van der Waals surface area contributed by atoms with Gasteiger partial charge in [-0.2, -0.15) is 0 Å². The van der Waals surface area contributed by atoms with E-state index in [0.717, 1.165) is 41.8 Å². The molecule has 0 radical (unpaired) electrons. The number of unbranched alkanes of at least 4 members (excludes halogenated alkanes) is 1. The van der Waals surface area contributed by atoms with E-state index in [1.54, 1.807) is 0 Å². The van der Waals surface area contributed by atoms with Gasteiger partial charge in [-0.15, -0.1) is 0 Å². The van der Waals surface area contributed by atoms with E-state index >= 15 is 0 Å². The third-order valence-electron chi connectivity index (χ3n) is 3.77. The Hall–Kier alpha value is -1.88. The van der Waals surface area contributed by atoms with Gasteiger partial charge in [0.1, 0.15) is 5.82 Å². The number of carbonyl (C=O) groups is 1. The molecule has 1 aromatic heterocycles. The Labute approximate surface area is 125 Å².